The minimum absolute atomic E-state index is 0.0230. The molecule has 0 unspecified atom stereocenters. The summed E-state index contributed by atoms with van der Waals surface area (Å²) in [5.74, 6) is 1.17. The Morgan fingerprint density at radius 2 is 1.85 bits per heavy atom. The van der Waals surface area contributed by atoms with E-state index in [1.54, 1.807) is 17.0 Å². The second-order valence-electron chi connectivity index (χ2n) is 8.59. The number of benzene rings is 2. The average molecular weight is 455 g/mol. The molecular weight excluding hydrogens is 424 g/mol. The summed E-state index contributed by atoms with van der Waals surface area (Å²) in [5.41, 5.74) is 5.21. The number of aromatic hydroxyl groups is 2. The average Bonchev–Trinajstić information content (AvgIpc) is 3.27. The molecule has 2 aromatic carbocycles. The Hall–Kier alpha value is -3.39. The minimum atomic E-state index is -0.131. The minimum Gasteiger partial charge on any atom is -0.508 e. The van der Waals surface area contributed by atoms with Gasteiger partial charge >= 0.3 is 0 Å². The Balaban J connectivity index is 1.60. The molecule has 33 heavy (non-hydrogen) atoms. The van der Waals surface area contributed by atoms with Crippen LogP contribution in [-0.4, -0.2) is 47.5 Å². The molecule has 2 aromatic rings. The third kappa shape index (κ3) is 5.34. The summed E-state index contributed by atoms with van der Waals surface area (Å²) in [4.78, 5) is 19.9. The van der Waals surface area contributed by atoms with Crippen molar-refractivity contribution in [2.45, 2.75) is 39.0 Å². The summed E-state index contributed by atoms with van der Waals surface area (Å²) < 4.78 is 10.8. The van der Waals surface area contributed by atoms with Crippen molar-refractivity contribution in [3.05, 3.63) is 47.0 Å². The van der Waals surface area contributed by atoms with Crippen LogP contribution in [0.25, 0.3) is 11.8 Å². The number of fused-ring (bicyclic) bond motifs is 1. The van der Waals surface area contributed by atoms with Crippen LogP contribution in [0.4, 0.5) is 0 Å². The number of likely N-dealkylation sites (tertiary alicyclic amines) is 1. The SMILES string of the molecule is CC(C)c1cc(C(=Cc2ccc3c(c2)OCO3)NOCC(=O)N2CCCCC2)c(O)cc1O. The molecule has 3 N–H and O–H groups in total. The van der Waals surface area contributed by atoms with Crippen LogP contribution in [-0.2, 0) is 9.63 Å². The van der Waals surface area contributed by atoms with Gasteiger partial charge in [0.2, 0.25) is 6.79 Å². The summed E-state index contributed by atoms with van der Waals surface area (Å²) in [7, 11) is 0. The molecule has 2 heterocycles. The summed E-state index contributed by atoms with van der Waals surface area (Å²) in [6.07, 6.45) is 4.94. The lowest BCUT2D eigenvalue weighted by Gasteiger charge is -2.26. The maximum absolute atomic E-state index is 12.5. The first kappa shape index (κ1) is 22.8. The van der Waals surface area contributed by atoms with Gasteiger partial charge in [-0.05, 0) is 60.6 Å². The molecule has 0 aliphatic carbocycles. The number of rotatable bonds is 7. The molecule has 2 aliphatic rings. The second kappa shape index (κ2) is 10.0. The van der Waals surface area contributed by atoms with Crippen LogP contribution in [0.3, 0.4) is 0 Å². The van der Waals surface area contributed by atoms with Crippen LogP contribution < -0.4 is 15.0 Å². The third-order valence-electron chi connectivity index (χ3n) is 5.85. The maximum atomic E-state index is 12.5. The van der Waals surface area contributed by atoms with Gasteiger partial charge in [0.15, 0.2) is 18.1 Å². The number of hydrogen-bond donors (Lipinski definition) is 3. The Bertz CT molecular complexity index is 1040. The van der Waals surface area contributed by atoms with Crippen LogP contribution >= 0.6 is 0 Å². The van der Waals surface area contributed by atoms with Crippen molar-refractivity contribution in [3.63, 3.8) is 0 Å². The van der Waals surface area contributed by atoms with Gasteiger partial charge in [0.05, 0.1) is 5.70 Å². The first-order chi connectivity index (χ1) is 15.9. The zero-order valence-electron chi connectivity index (χ0n) is 19.0. The summed E-state index contributed by atoms with van der Waals surface area (Å²) in [5, 5.41) is 20.8. The summed E-state index contributed by atoms with van der Waals surface area (Å²) in [6, 6.07) is 8.52. The number of carbonyl (C=O) groups is 1. The van der Waals surface area contributed by atoms with E-state index in [2.05, 4.69) is 5.48 Å². The van der Waals surface area contributed by atoms with E-state index < -0.39 is 0 Å². The monoisotopic (exact) mass is 454 g/mol. The van der Waals surface area contributed by atoms with Crippen LogP contribution in [0.5, 0.6) is 23.0 Å². The molecule has 0 atom stereocenters. The standard InChI is InChI=1S/C25H30N2O6/c1-16(2)18-12-19(22(29)13-21(18)28)20(10-17-6-7-23-24(11-17)32-15-31-23)26-33-14-25(30)27-8-4-3-5-9-27/h6-7,10-13,16,26,28-29H,3-5,8-9,14-15H2,1-2H3. The highest BCUT2D eigenvalue weighted by Gasteiger charge is 2.19. The summed E-state index contributed by atoms with van der Waals surface area (Å²) >= 11 is 0. The molecule has 0 spiro atoms. The molecule has 4 rings (SSSR count). The fourth-order valence-corrected chi connectivity index (χ4v) is 4.01. The lowest BCUT2D eigenvalue weighted by molar-refractivity contribution is -0.138. The van der Waals surface area contributed by atoms with Crippen LogP contribution in [0, 0.1) is 0 Å². The largest absolute Gasteiger partial charge is 0.508 e. The molecule has 1 fully saturated rings. The molecule has 8 heteroatoms. The number of phenolic OH excluding ortho intramolecular Hbond substituents is 2. The first-order valence-electron chi connectivity index (χ1n) is 11.3. The molecule has 0 radical (unpaired) electrons. The van der Waals surface area contributed by atoms with Gasteiger partial charge in [-0.1, -0.05) is 19.9 Å². The van der Waals surface area contributed by atoms with Gasteiger partial charge in [0.1, 0.15) is 11.5 Å². The number of ether oxygens (including phenoxy) is 2. The predicted octanol–water partition coefficient (Wildman–Crippen LogP) is 3.98. The first-order valence-corrected chi connectivity index (χ1v) is 11.3. The Labute approximate surface area is 193 Å². The Morgan fingerprint density at radius 1 is 1.09 bits per heavy atom. The smallest absolute Gasteiger partial charge is 0.251 e. The van der Waals surface area contributed by atoms with Gasteiger partial charge < -0.3 is 24.6 Å². The molecule has 0 saturated carbocycles. The van der Waals surface area contributed by atoms with E-state index in [4.69, 9.17) is 14.3 Å². The van der Waals surface area contributed by atoms with Gasteiger partial charge in [-0.2, -0.15) is 0 Å². The van der Waals surface area contributed by atoms with E-state index in [0.29, 0.717) is 28.3 Å². The molecule has 1 saturated heterocycles. The number of hydroxylamine groups is 1. The zero-order chi connectivity index (χ0) is 23.4. The topological polar surface area (TPSA) is 100 Å². The molecule has 0 bridgehead atoms. The number of hydrogen-bond acceptors (Lipinski definition) is 7. The van der Waals surface area contributed by atoms with Gasteiger partial charge in [0.25, 0.3) is 5.91 Å². The number of nitrogens with one attached hydrogen (secondary N) is 1. The van der Waals surface area contributed by atoms with Crippen molar-refractivity contribution >= 4 is 17.7 Å². The van der Waals surface area contributed by atoms with E-state index in [9.17, 15) is 15.0 Å². The Morgan fingerprint density at radius 3 is 2.61 bits per heavy atom. The van der Waals surface area contributed by atoms with Crippen molar-refractivity contribution < 1.29 is 29.3 Å². The van der Waals surface area contributed by atoms with Gasteiger partial charge in [0, 0.05) is 24.7 Å². The number of phenols is 2. The van der Waals surface area contributed by atoms with Crippen molar-refractivity contribution in [2.24, 2.45) is 0 Å². The quantitative estimate of drug-likeness (QED) is 0.430. The normalized spacial score (nSPS) is 15.7. The second-order valence-corrected chi connectivity index (χ2v) is 8.59. The Kier molecular flexibility index (Phi) is 6.93. The third-order valence-corrected chi connectivity index (χ3v) is 5.85. The number of nitrogens with zero attached hydrogens (tertiary/aromatic N) is 1. The number of amides is 1. The lowest BCUT2D eigenvalue weighted by Crippen LogP contribution is -2.39. The van der Waals surface area contributed by atoms with E-state index >= 15 is 0 Å². The summed E-state index contributed by atoms with van der Waals surface area (Å²) in [6.45, 7) is 5.45. The van der Waals surface area contributed by atoms with Crippen LogP contribution in [0.15, 0.2) is 30.3 Å². The van der Waals surface area contributed by atoms with Crippen LogP contribution in [0.1, 0.15) is 55.7 Å². The van der Waals surface area contributed by atoms with Crippen LogP contribution in [0.2, 0.25) is 0 Å². The predicted molar refractivity (Wildman–Crippen MR) is 124 cm³/mol. The molecule has 1 amide bonds. The highest BCUT2D eigenvalue weighted by Crippen LogP contribution is 2.37. The van der Waals surface area contributed by atoms with Crippen molar-refractivity contribution in [1.82, 2.24) is 10.4 Å². The van der Waals surface area contributed by atoms with Crippen molar-refractivity contribution in [3.8, 4) is 23.0 Å². The molecule has 176 valence electrons. The van der Waals surface area contributed by atoms with Gasteiger partial charge in [-0.15, -0.1) is 0 Å². The van der Waals surface area contributed by atoms with Crippen molar-refractivity contribution in [2.75, 3.05) is 26.5 Å². The highest BCUT2D eigenvalue weighted by atomic mass is 16.7. The van der Waals surface area contributed by atoms with Gasteiger partial charge in [-0.3, -0.25) is 15.1 Å². The van der Waals surface area contributed by atoms with E-state index in [1.165, 1.54) is 6.07 Å². The molecule has 8 nitrogen and oxygen atoms in total. The number of carbonyl (C=O) groups excluding carboxylic acids is 1. The van der Waals surface area contributed by atoms with Gasteiger partial charge in [-0.25, -0.2) is 0 Å². The van der Waals surface area contributed by atoms with E-state index in [-0.39, 0.29) is 36.7 Å². The maximum Gasteiger partial charge on any atom is 0.251 e. The number of piperidine rings is 1. The van der Waals surface area contributed by atoms with E-state index in [0.717, 1.165) is 37.9 Å². The fraction of sp³-hybridized carbons (Fsp3) is 0.400. The van der Waals surface area contributed by atoms with Crippen molar-refractivity contribution in [1.29, 1.82) is 0 Å². The fourth-order valence-electron chi connectivity index (χ4n) is 4.01. The highest BCUT2D eigenvalue weighted by molar-refractivity contribution is 5.84. The zero-order valence-corrected chi connectivity index (χ0v) is 19.0. The molecule has 0 aromatic heterocycles. The molecular formula is C25H30N2O6. The molecule has 2 aliphatic heterocycles. The lowest BCUT2D eigenvalue weighted by atomic mass is 9.97. The van der Waals surface area contributed by atoms with E-state index in [1.807, 2.05) is 32.0 Å².